The predicted octanol–water partition coefficient (Wildman–Crippen LogP) is 8.88. The van der Waals surface area contributed by atoms with Gasteiger partial charge in [-0.2, -0.15) is 0 Å². The zero-order chi connectivity index (χ0) is 19.1. The molecule has 0 atom stereocenters. The molecule has 0 amide bonds. The van der Waals surface area contributed by atoms with Crippen molar-refractivity contribution < 1.29 is 0 Å². The number of unbranched alkanes of at least 4 members (excludes halogenated alkanes) is 1. The standard InChI is InChI=1S/C25H42/c1-21(2)13-10-17-23(5)15-8-9-16-24(6)19-12-20-25(7)18-11-14-22(3)4/h13-16,20H,8-12,17-19H2,1-7H3/b23-15+,24-16+,25-20+. The smallest absolute Gasteiger partial charge is 0.0288 e. The van der Waals surface area contributed by atoms with E-state index in [4.69, 9.17) is 0 Å². The van der Waals surface area contributed by atoms with Gasteiger partial charge in [-0.15, -0.1) is 0 Å². The topological polar surface area (TPSA) is 0 Å². The van der Waals surface area contributed by atoms with Crippen molar-refractivity contribution in [2.45, 2.75) is 99.8 Å². The van der Waals surface area contributed by atoms with Gasteiger partial charge >= 0.3 is 0 Å². The van der Waals surface area contributed by atoms with E-state index in [-0.39, 0.29) is 0 Å². The summed E-state index contributed by atoms with van der Waals surface area (Å²) >= 11 is 0. The van der Waals surface area contributed by atoms with Gasteiger partial charge in [-0.3, -0.25) is 0 Å². The van der Waals surface area contributed by atoms with Crippen molar-refractivity contribution in [3.05, 3.63) is 58.2 Å². The van der Waals surface area contributed by atoms with Gasteiger partial charge < -0.3 is 0 Å². The Labute approximate surface area is 158 Å². The van der Waals surface area contributed by atoms with E-state index in [1.165, 1.54) is 79.2 Å². The van der Waals surface area contributed by atoms with Gasteiger partial charge in [-0.05, 0) is 99.8 Å². The summed E-state index contributed by atoms with van der Waals surface area (Å²) < 4.78 is 0. The molecule has 0 aromatic heterocycles. The lowest BCUT2D eigenvalue weighted by Crippen LogP contribution is -1.81. The second-order valence-electron chi connectivity index (χ2n) is 7.91. The van der Waals surface area contributed by atoms with Crippen LogP contribution in [0, 0.1) is 0 Å². The molecule has 0 bridgehead atoms. The average molecular weight is 343 g/mol. The molecule has 0 radical (unpaired) electrons. The quantitative estimate of drug-likeness (QED) is 0.245. The van der Waals surface area contributed by atoms with E-state index in [0.29, 0.717) is 0 Å². The number of hydrogen-bond donors (Lipinski definition) is 0. The average Bonchev–Trinajstić information content (AvgIpc) is 2.51. The van der Waals surface area contributed by atoms with Crippen LogP contribution in [0.15, 0.2) is 58.2 Å². The van der Waals surface area contributed by atoms with E-state index < -0.39 is 0 Å². The van der Waals surface area contributed by atoms with Crippen molar-refractivity contribution in [2.24, 2.45) is 0 Å². The lowest BCUT2D eigenvalue weighted by molar-refractivity contribution is 0.901. The zero-order valence-electron chi connectivity index (χ0n) is 18.0. The van der Waals surface area contributed by atoms with Crippen LogP contribution in [0.1, 0.15) is 99.8 Å². The van der Waals surface area contributed by atoms with Crippen molar-refractivity contribution in [3.8, 4) is 0 Å². The summed E-state index contributed by atoms with van der Waals surface area (Å²) in [4.78, 5) is 0. The Morgan fingerprint density at radius 1 is 0.400 bits per heavy atom. The first-order valence-corrected chi connectivity index (χ1v) is 10.0. The minimum Gasteiger partial charge on any atom is -0.0856 e. The molecule has 0 heterocycles. The summed E-state index contributed by atoms with van der Waals surface area (Å²) in [6.07, 6.45) is 21.4. The molecule has 0 heteroatoms. The van der Waals surface area contributed by atoms with E-state index in [9.17, 15) is 0 Å². The van der Waals surface area contributed by atoms with Gasteiger partial charge in [0.25, 0.3) is 0 Å². The Hall–Kier alpha value is -1.30. The molecule has 0 aromatic rings. The van der Waals surface area contributed by atoms with Crippen LogP contribution in [0.2, 0.25) is 0 Å². The highest BCUT2D eigenvalue weighted by atomic mass is 14.0. The van der Waals surface area contributed by atoms with Gasteiger partial charge in [0.1, 0.15) is 0 Å². The molecule has 0 nitrogen and oxygen atoms in total. The summed E-state index contributed by atoms with van der Waals surface area (Å²) in [5.74, 6) is 0. The molecule has 0 aromatic carbocycles. The molecule has 0 aliphatic heterocycles. The van der Waals surface area contributed by atoms with Crippen LogP contribution in [-0.4, -0.2) is 0 Å². The van der Waals surface area contributed by atoms with Crippen molar-refractivity contribution in [2.75, 3.05) is 0 Å². The highest BCUT2D eigenvalue weighted by molar-refractivity contribution is 5.07. The van der Waals surface area contributed by atoms with Gasteiger partial charge in [-0.25, -0.2) is 0 Å². The van der Waals surface area contributed by atoms with Gasteiger partial charge in [-0.1, -0.05) is 58.2 Å². The Morgan fingerprint density at radius 3 is 1.00 bits per heavy atom. The molecule has 142 valence electrons. The molecule has 0 saturated heterocycles. The van der Waals surface area contributed by atoms with Crippen LogP contribution in [-0.2, 0) is 0 Å². The Kier molecular flexibility index (Phi) is 14.2. The fraction of sp³-hybridized carbons (Fsp3) is 0.600. The summed E-state index contributed by atoms with van der Waals surface area (Å²) in [7, 11) is 0. The third-order valence-electron chi connectivity index (χ3n) is 4.37. The maximum Gasteiger partial charge on any atom is -0.0288 e. The molecule has 0 unspecified atom stereocenters. The van der Waals surface area contributed by atoms with Crippen molar-refractivity contribution >= 4 is 0 Å². The van der Waals surface area contributed by atoms with Crippen LogP contribution in [0.25, 0.3) is 0 Å². The van der Waals surface area contributed by atoms with Crippen LogP contribution < -0.4 is 0 Å². The third-order valence-corrected chi connectivity index (χ3v) is 4.37. The summed E-state index contributed by atoms with van der Waals surface area (Å²) in [5, 5.41) is 0. The van der Waals surface area contributed by atoms with Crippen LogP contribution in [0.3, 0.4) is 0 Å². The lowest BCUT2D eigenvalue weighted by atomic mass is 10.0. The third kappa shape index (κ3) is 17.3. The van der Waals surface area contributed by atoms with Crippen LogP contribution in [0.4, 0.5) is 0 Å². The lowest BCUT2D eigenvalue weighted by Gasteiger charge is -2.02. The monoisotopic (exact) mass is 342 g/mol. The fourth-order valence-electron chi connectivity index (χ4n) is 2.69. The molecule has 0 N–H and O–H groups in total. The molecule has 0 rings (SSSR count). The maximum atomic E-state index is 2.42. The van der Waals surface area contributed by atoms with E-state index >= 15 is 0 Å². The van der Waals surface area contributed by atoms with Gasteiger partial charge in [0.15, 0.2) is 0 Å². The Balaban J connectivity index is 3.98. The van der Waals surface area contributed by atoms with Crippen molar-refractivity contribution in [3.63, 3.8) is 0 Å². The molecule has 25 heavy (non-hydrogen) atoms. The van der Waals surface area contributed by atoms with Gasteiger partial charge in [0, 0.05) is 0 Å². The van der Waals surface area contributed by atoms with E-state index in [0.717, 1.165) is 0 Å². The normalized spacial score (nSPS) is 13.0. The van der Waals surface area contributed by atoms with E-state index in [1.807, 2.05) is 0 Å². The molecule has 0 aliphatic carbocycles. The number of allylic oxidation sites excluding steroid dienone is 10. The van der Waals surface area contributed by atoms with Crippen molar-refractivity contribution in [1.82, 2.24) is 0 Å². The summed E-state index contributed by atoms with van der Waals surface area (Å²) in [6.45, 7) is 15.5. The van der Waals surface area contributed by atoms with Crippen LogP contribution >= 0.6 is 0 Å². The number of rotatable bonds is 12. The largest absolute Gasteiger partial charge is 0.0856 e. The minimum atomic E-state index is 1.18. The van der Waals surface area contributed by atoms with Crippen molar-refractivity contribution in [1.29, 1.82) is 0 Å². The summed E-state index contributed by atoms with van der Waals surface area (Å²) in [6, 6.07) is 0. The van der Waals surface area contributed by atoms with Gasteiger partial charge in [0.05, 0.1) is 0 Å². The number of hydrogen-bond acceptors (Lipinski definition) is 0. The molecule has 0 saturated carbocycles. The predicted molar refractivity (Wildman–Crippen MR) is 117 cm³/mol. The second kappa shape index (κ2) is 15.0. The first-order valence-electron chi connectivity index (χ1n) is 10.0. The zero-order valence-corrected chi connectivity index (χ0v) is 18.0. The maximum absolute atomic E-state index is 2.42. The molecule has 0 spiro atoms. The Bertz CT molecular complexity index is 498. The first kappa shape index (κ1) is 23.7. The Morgan fingerprint density at radius 2 is 0.680 bits per heavy atom. The van der Waals surface area contributed by atoms with Crippen LogP contribution in [0.5, 0.6) is 0 Å². The molecular formula is C25H42. The fourth-order valence-corrected chi connectivity index (χ4v) is 2.69. The molecule has 0 fully saturated rings. The van der Waals surface area contributed by atoms with E-state index in [2.05, 4.69) is 78.8 Å². The molecule has 0 aliphatic rings. The van der Waals surface area contributed by atoms with E-state index in [1.54, 1.807) is 0 Å². The highest BCUT2D eigenvalue weighted by Crippen LogP contribution is 2.13. The van der Waals surface area contributed by atoms with Gasteiger partial charge in [0.2, 0.25) is 0 Å². The first-order chi connectivity index (χ1) is 11.8. The second-order valence-corrected chi connectivity index (χ2v) is 7.91. The summed E-state index contributed by atoms with van der Waals surface area (Å²) in [5.41, 5.74) is 7.43. The SMILES string of the molecule is CC(C)=CCC/C(C)=C/CC/C=C(\C)CC/C=C(\C)CCC=C(C)C. The minimum absolute atomic E-state index is 1.18. The molecular weight excluding hydrogens is 300 g/mol. The highest BCUT2D eigenvalue weighted by Gasteiger charge is 1.93.